The summed E-state index contributed by atoms with van der Waals surface area (Å²) in [6, 6.07) is 65.1. The van der Waals surface area contributed by atoms with Crippen LogP contribution in [0.5, 0.6) is 0 Å². The fourth-order valence-corrected chi connectivity index (χ4v) is 8.50. The van der Waals surface area contributed by atoms with E-state index in [9.17, 15) is 0 Å². The first-order valence-corrected chi connectivity index (χ1v) is 18.6. The Balaban J connectivity index is 1.09. The summed E-state index contributed by atoms with van der Waals surface area (Å²) in [6.07, 6.45) is 4.61. The van der Waals surface area contributed by atoms with Gasteiger partial charge in [-0.15, -0.1) is 0 Å². The van der Waals surface area contributed by atoms with Crippen LogP contribution in [0.25, 0.3) is 82.6 Å². The SMILES string of the molecule is C1=C(c2ccc(-c3ccc4c(c3)c3c5ccccc5c5c6ccccc6oc5c3n4-c3ccccc3)cc2)C=C(c2ccccc2)NC1c1ccccc1. The first kappa shape index (κ1) is 30.5. The van der Waals surface area contributed by atoms with Crippen LogP contribution in [0.2, 0.25) is 0 Å². The molecule has 2 aromatic heterocycles. The van der Waals surface area contributed by atoms with Crippen molar-refractivity contribution in [1.29, 1.82) is 0 Å². The van der Waals surface area contributed by atoms with Crippen molar-refractivity contribution in [3.63, 3.8) is 0 Å². The second-order valence-corrected chi connectivity index (χ2v) is 14.1. The van der Waals surface area contributed by atoms with Crippen LogP contribution >= 0.6 is 0 Å². The molecule has 0 fully saturated rings. The summed E-state index contributed by atoms with van der Waals surface area (Å²) in [6.45, 7) is 0. The predicted octanol–water partition coefficient (Wildman–Crippen LogP) is 13.3. The number of para-hydroxylation sites is 2. The number of nitrogens with one attached hydrogen (secondary N) is 1. The van der Waals surface area contributed by atoms with E-state index < -0.39 is 0 Å². The van der Waals surface area contributed by atoms with E-state index in [1.807, 2.05) is 0 Å². The second kappa shape index (κ2) is 12.3. The van der Waals surface area contributed by atoms with E-state index in [-0.39, 0.29) is 6.04 Å². The summed E-state index contributed by atoms with van der Waals surface area (Å²) < 4.78 is 9.17. The molecule has 0 aliphatic carbocycles. The summed E-state index contributed by atoms with van der Waals surface area (Å²) in [5, 5.41) is 10.9. The molecular weight excluding hydrogens is 657 g/mol. The lowest BCUT2D eigenvalue weighted by atomic mass is 9.92. The number of hydrogen-bond donors (Lipinski definition) is 1. The van der Waals surface area contributed by atoms with E-state index in [2.05, 4.69) is 204 Å². The number of allylic oxidation sites excluding steroid dienone is 2. The highest BCUT2D eigenvalue weighted by Crippen LogP contribution is 2.46. The van der Waals surface area contributed by atoms with E-state index in [0.29, 0.717) is 0 Å². The minimum absolute atomic E-state index is 0.0680. The van der Waals surface area contributed by atoms with Gasteiger partial charge in [0.2, 0.25) is 0 Å². The molecule has 3 nitrogen and oxygen atoms in total. The number of furan rings is 1. The summed E-state index contributed by atoms with van der Waals surface area (Å²) >= 11 is 0. The topological polar surface area (TPSA) is 30.1 Å². The predicted molar refractivity (Wildman–Crippen MR) is 226 cm³/mol. The van der Waals surface area contributed by atoms with Crippen molar-refractivity contribution in [2.45, 2.75) is 6.04 Å². The van der Waals surface area contributed by atoms with Crippen molar-refractivity contribution >= 4 is 65.8 Å². The third kappa shape index (κ3) is 4.83. The molecule has 3 heterocycles. The van der Waals surface area contributed by atoms with E-state index in [1.165, 1.54) is 54.9 Å². The van der Waals surface area contributed by atoms with Gasteiger partial charge < -0.3 is 14.3 Å². The van der Waals surface area contributed by atoms with Crippen molar-refractivity contribution < 1.29 is 4.42 Å². The smallest absolute Gasteiger partial charge is 0.160 e. The molecule has 1 unspecified atom stereocenters. The zero-order valence-corrected chi connectivity index (χ0v) is 29.4. The molecule has 0 saturated carbocycles. The average molecular weight is 691 g/mol. The molecule has 1 aliphatic rings. The van der Waals surface area contributed by atoms with Gasteiger partial charge in [-0.3, -0.25) is 0 Å². The number of benzene rings is 8. The van der Waals surface area contributed by atoms with Crippen molar-refractivity contribution in [3.05, 3.63) is 211 Å². The number of hydrogen-bond acceptors (Lipinski definition) is 2. The van der Waals surface area contributed by atoms with Gasteiger partial charge in [0.05, 0.1) is 17.1 Å². The maximum atomic E-state index is 6.79. The molecule has 0 saturated heterocycles. The number of fused-ring (bicyclic) bond motifs is 10. The lowest BCUT2D eigenvalue weighted by Gasteiger charge is -2.25. The molecule has 0 spiro atoms. The highest BCUT2D eigenvalue weighted by molar-refractivity contribution is 6.35. The third-order valence-corrected chi connectivity index (χ3v) is 11.0. The maximum Gasteiger partial charge on any atom is 0.160 e. The molecule has 0 radical (unpaired) electrons. The first-order valence-electron chi connectivity index (χ1n) is 18.6. The van der Waals surface area contributed by atoms with Gasteiger partial charge >= 0.3 is 0 Å². The van der Waals surface area contributed by atoms with Crippen molar-refractivity contribution in [3.8, 4) is 16.8 Å². The number of rotatable bonds is 5. The van der Waals surface area contributed by atoms with Crippen molar-refractivity contribution in [1.82, 2.24) is 9.88 Å². The summed E-state index contributed by atoms with van der Waals surface area (Å²) in [4.78, 5) is 0. The molecule has 1 atom stereocenters. The number of nitrogens with zero attached hydrogens (tertiary/aromatic N) is 1. The molecule has 0 bridgehead atoms. The fourth-order valence-electron chi connectivity index (χ4n) is 8.50. The van der Waals surface area contributed by atoms with E-state index in [4.69, 9.17) is 4.42 Å². The molecule has 0 amide bonds. The standard InChI is InChI=1S/C51H34N2O/c1-4-14-35(15-5-1)44-31-38(32-45(52-44)36-16-6-2-7-17-36)34-26-24-33(25-27-34)37-28-29-46-43(30-37)48-40-20-10-11-21-41(40)49-42-22-12-13-23-47(42)54-51(49)50(48)53(46)39-18-8-3-9-19-39/h1-32,44,52H. The molecule has 254 valence electrons. The minimum atomic E-state index is 0.0680. The van der Waals surface area contributed by atoms with E-state index >= 15 is 0 Å². The van der Waals surface area contributed by atoms with Crippen LogP contribution in [0.1, 0.15) is 22.7 Å². The molecular formula is C51H34N2O. The van der Waals surface area contributed by atoms with Gasteiger partial charge in [0.25, 0.3) is 0 Å². The average Bonchev–Trinajstić information content (AvgIpc) is 3.81. The first-order chi connectivity index (χ1) is 26.8. The van der Waals surface area contributed by atoms with Gasteiger partial charge in [0.1, 0.15) is 5.58 Å². The van der Waals surface area contributed by atoms with Gasteiger partial charge in [0.15, 0.2) is 5.58 Å². The Bertz CT molecular complexity index is 3100. The molecule has 1 N–H and O–H groups in total. The van der Waals surface area contributed by atoms with Crippen molar-refractivity contribution in [2.24, 2.45) is 0 Å². The fraction of sp³-hybridized carbons (Fsp3) is 0.0196. The van der Waals surface area contributed by atoms with Gasteiger partial charge in [-0.1, -0.05) is 152 Å². The van der Waals surface area contributed by atoms with Gasteiger partial charge in [-0.2, -0.15) is 0 Å². The van der Waals surface area contributed by atoms with Gasteiger partial charge in [0, 0.05) is 32.9 Å². The van der Waals surface area contributed by atoms with Crippen molar-refractivity contribution in [2.75, 3.05) is 0 Å². The molecule has 10 aromatic rings. The molecule has 1 aliphatic heterocycles. The normalized spacial score (nSPS) is 14.5. The lowest BCUT2D eigenvalue weighted by Crippen LogP contribution is -2.21. The van der Waals surface area contributed by atoms with Crippen LogP contribution in [-0.4, -0.2) is 4.57 Å². The second-order valence-electron chi connectivity index (χ2n) is 14.1. The molecule has 11 rings (SSSR count). The van der Waals surface area contributed by atoms with Crippen LogP contribution in [-0.2, 0) is 0 Å². The Morgan fingerprint density at radius 3 is 1.85 bits per heavy atom. The summed E-state index contributed by atoms with van der Waals surface area (Å²) in [5.74, 6) is 0. The molecule has 8 aromatic carbocycles. The largest absolute Gasteiger partial charge is 0.454 e. The Hall–Kier alpha value is -7.10. The van der Waals surface area contributed by atoms with Gasteiger partial charge in [-0.25, -0.2) is 0 Å². The van der Waals surface area contributed by atoms with Crippen LogP contribution in [0.15, 0.2) is 199 Å². The zero-order chi connectivity index (χ0) is 35.6. The maximum absolute atomic E-state index is 6.79. The van der Waals surface area contributed by atoms with Crippen LogP contribution in [0, 0.1) is 0 Å². The van der Waals surface area contributed by atoms with Crippen LogP contribution < -0.4 is 5.32 Å². The highest BCUT2D eigenvalue weighted by atomic mass is 16.3. The molecule has 54 heavy (non-hydrogen) atoms. The Labute approximate surface area is 312 Å². The molecule has 3 heteroatoms. The Morgan fingerprint density at radius 2 is 1.09 bits per heavy atom. The Kier molecular flexibility index (Phi) is 6.93. The van der Waals surface area contributed by atoms with Gasteiger partial charge in [-0.05, 0) is 86.6 Å². The van der Waals surface area contributed by atoms with E-state index in [0.717, 1.165) is 44.4 Å². The summed E-state index contributed by atoms with van der Waals surface area (Å²) in [5.41, 5.74) is 13.5. The lowest BCUT2D eigenvalue weighted by molar-refractivity contribution is 0.671. The number of dihydropyridines is 1. The number of aromatic nitrogens is 1. The van der Waals surface area contributed by atoms with E-state index in [1.54, 1.807) is 0 Å². The quantitative estimate of drug-likeness (QED) is 0.195. The summed E-state index contributed by atoms with van der Waals surface area (Å²) in [7, 11) is 0. The Morgan fingerprint density at radius 1 is 0.481 bits per heavy atom. The highest BCUT2D eigenvalue weighted by Gasteiger charge is 2.23. The zero-order valence-electron chi connectivity index (χ0n) is 29.4. The third-order valence-electron chi connectivity index (χ3n) is 11.0. The van der Waals surface area contributed by atoms with Crippen LogP contribution in [0.3, 0.4) is 0 Å². The minimum Gasteiger partial charge on any atom is -0.454 e. The van der Waals surface area contributed by atoms with Crippen LogP contribution in [0.4, 0.5) is 0 Å². The monoisotopic (exact) mass is 690 g/mol.